The highest BCUT2D eigenvalue weighted by atomic mass is 31.3. The molecule has 5 atom stereocenters. The molecule has 0 radical (unpaired) electrons. The molecular formula is C11H19N2O11P3. The molecule has 1 aromatic heterocycles. The fourth-order valence-electron chi connectivity index (χ4n) is 2.19. The summed E-state index contributed by atoms with van der Waals surface area (Å²) in [6, 6.07) is 3.34. The number of pyridine rings is 1. The fraction of sp³-hybridized carbons (Fsp3) is 0.545. The summed E-state index contributed by atoms with van der Waals surface area (Å²) in [5, 5.41) is 0. The Morgan fingerprint density at radius 3 is 2.41 bits per heavy atom. The second kappa shape index (κ2) is 8.77. The minimum atomic E-state index is -5.42. The summed E-state index contributed by atoms with van der Waals surface area (Å²) < 4.78 is 56.3. The van der Waals surface area contributed by atoms with Gasteiger partial charge < -0.3 is 25.2 Å². The Bertz CT molecular complexity index is 788. The summed E-state index contributed by atoms with van der Waals surface area (Å²) in [7, 11) is -14.7. The van der Waals surface area contributed by atoms with Crippen LogP contribution in [-0.2, 0) is 36.1 Å². The predicted octanol–water partition coefficient (Wildman–Crippen LogP) is 1.88. The average molecular weight is 448 g/mol. The van der Waals surface area contributed by atoms with Gasteiger partial charge in [0, 0.05) is 13.3 Å². The highest BCUT2D eigenvalue weighted by Crippen LogP contribution is 2.67. The van der Waals surface area contributed by atoms with E-state index in [1.165, 1.54) is 0 Å². The first-order valence-corrected chi connectivity index (χ1v) is 11.9. The number of hydrogen-bond donors (Lipinski definition) is 4. The van der Waals surface area contributed by atoms with Crippen LogP contribution < -0.4 is 5.73 Å². The zero-order valence-electron chi connectivity index (χ0n) is 14.0. The molecule has 1 aliphatic heterocycles. The topological polar surface area (TPSA) is 197 Å². The second-order valence-electron chi connectivity index (χ2n) is 5.39. The van der Waals surface area contributed by atoms with Crippen molar-refractivity contribution in [3.8, 4) is 0 Å². The van der Waals surface area contributed by atoms with E-state index in [4.69, 9.17) is 15.4 Å². The third-order valence-corrected chi connectivity index (χ3v) is 7.59. The normalized spacial score (nSPS) is 26.8. The van der Waals surface area contributed by atoms with Crippen molar-refractivity contribution in [1.29, 1.82) is 0 Å². The van der Waals surface area contributed by atoms with Gasteiger partial charge in [0.15, 0.2) is 0 Å². The van der Waals surface area contributed by atoms with Crippen LogP contribution in [0, 0.1) is 0 Å². The van der Waals surface area contributed by atoms with Crippen molar-refractivity contribution in [2.75, 3.05) is 19.5 Å². The zero-order chi connectivity index (χ0) is 20.3. The average Bonchev–Trinajstić information content (AvgIpc) is 3.01. The molecule has 1 fully saturated rings. The first kappa shape index (κ1) is 22.6. The molecule has 1 saturated heterocycles. The number of hydrogen-bond acceptors (Lipinski definition) is 10. The lowest BCUT2D eigenvalue weighted by molar-refractivity contribution is 0.00993. The van der Waals surface area contributed by atoms with Gasteiger partial charge in [0.05, 0.1) is 18.8 Å². The highest BCUT2D eigenvalue weighted by molar-refractivity contribution is 7.66. The van der Waals surface area contributed by atoms with E-state index in [-0.39, 0.29) is 6.10 Å². The van der Waals surface area contributed by atoms with Crippen molar-refractivity contribution in [2.24, 2.45) is 0 Å². The molecule has 2 rings (SSSR count). The molecule has 16 heteroatoms. The van der Waals surface area contributed by atoms with Crippen molar-refractivity contribution in [1.82, 2.24) is 4.98 Å². The Kier molecular flexibility index (Phi) is 7.34. The van der Waals surface area contributed by atoms with E-state index in [0.717, 1.165) is 12.7 Å². The number of nitrogens with two attached hydrogens (primary N) is 1. The third kappa shape index (κ3) is 7.34. The van der Waals surface area contributed by atoms with Gasteiger partial charge >= 0.3 is 23.5 Å². The van der Waals surface area contributed by atoms with Gasteiger partial charge in [0.25, 0.3) is 0 Å². The smallest absolute Gasteiger partial charge is 0.384 e. The summed E-state index contributed by atoms with van der Waals surface area (Å²) in [5.74, 6) is 0.353. The number of ether oxygens (including phenoxy) is 1. The van der Waals surface area contributed by atoms with Crippen molar-refractivity contribution < 1.29 is 50.8 Å². The Morgan fingerprint density at radius 2 is 1.81 bits per heavy atom. The summed E-state index contributed by atoms with van der Waals surface area (Å²) >= 11 is 0. The van der Waals surface area contributed by atoms with Crippen molar-refractivity contribution in [3.05, 3.63) is 23.9 Å². The van der Waals surface area contributed by atoms with Crippen LogP contribution in [0.15, 0.2) is 18.3 Å². The van der Waals surface area contributed by atoms with Crippen molar-refractivity contribution in [3.63, 3.8) is 0 Å². The number of nitrogens with zero attached hydrogens (tertiary/aromatic N) is 1. The molecule has 0 aromatic carbocycles. The molecule has 1 aliphatic rings. The Balaban J connectivity index is 1.86. The van der Waals surface area contributed by atoms with E-state index in [1.54, 1.807) is 18.3 Å². The summed E-state index contributed by atoms with van der Waals surface area (Å²) in [5.41, 5.74) is 6.27. The molecule has 0 bridgehead atoms. The summed E-state index contributed by atoms with van der Waals surface area (Å²) in [4.78, 5) is 31.7. The minimum absolute atomic E-state index is 0.319. The quantitative estimate of drug-likeness (QED) is 0.400. The van der Waals surface area contributed by atoms with Gasteiger partial charge in [-0.1, -0.05) is 6.07 Å². The maximum Gasteiger partial charge on any atom is 0.490 e. The molecular weight excluding hydrogens is 429 g/mol. The van der Waals surface area contributed by atoms with Gasteiger partial charge in [-0.3, -0.25) is 9.05 Å². The fourth-order valence-corrected chi connectivity index (χ4v) is 5.47. The van der Waals surface area contributed by atoms with Crippen molar-refractivity contribution >= 4 is 29.3 Å². The first-order valence-electron chi connectivity index (χ1n) is 7.39. The molecule has 0 spiro atoms. The van der Waals surface area contributed by atoms with E-state index in [1.807, 2.05) is 0 Å². The Hall–Kier alpha value is -0.680. The van der Waals surface area contributed by atoms with Crippen LogP contribution in [0.4, 0.5) is 5.82 Å². The molecule has 1 aromatic rings. The number of phosphoric acid groups is 3. The van der Waals surface area contributed by atoms with Gasteiger partial charge in [-0.15, -0.1) is 0 Å². The number of anilines is 1. The molecule has 5 N–H and O–H groups in total. The highest BCUT2D eigenvalue weighted by Gasteiger charge is 2.42. The number of nitrogen functional groups attached to an aromatic ring is 1. The second-order valence-corrected chi connectivity index (χ2v) is 10.1. The predicted molar refractivity (Wildman–Crippen MR) is 90.1 cm³/mol. The van der Waals surface area contributed by atoms with E-state index in [0.29, 0.717) is 18.7 Å². The van der Waals surface area contributed by atoms with E-state index in [9.17, 15) is 23.5 Å². The van der Waals surface area contributed by atoms with Gasteiger partial charge in [0.1, 0.15) is 5.82 Å². The SMILES string of the molecule is COP(=O)(O)OP(=O)(O)OP(=O)(O)OC[C@@H]1CC[C@H](c2ccc(N)nc2)O1. The first-order chi connectivity index (χ1) is 12.4. The monoisotopic (exact) mass is 448 g/mol. The van der Waals surface area contributed by atoms with Crippen LogP contribution >= 0.6 is 23.5 Å². The van der Waals surface area contributed by atoms with Crippen LogP contribution in [0.1, 0.15) is 24.5 Å². The maximum atomic E-state index is 11.8. The zero-order valence-corrected chi connectivity index (χ0v) is 16.7. The van der Waals surface area contributed by atoms with E-state index in [2.05, 4.69) is 22.7 Å². The van der Waals surface area contributed by atoms with E-state index >= 15 is 0 Å². The number of aromatic nitrogens is 1. The Labute approximate surface area is 154 Å². The number of phosphoric ester groups is 2. The van der Waals surface area contributed by atoms with Gasteiger partial charge in [-0.25, -0.2) is 18.7 Å². The lowest BCUT2D eigenvalue weighted by Crippen LogP contribution is -2.14. The summed E-state index contributed by atoms with van der Waals surface area (Å²) in [6.07, 6.45) is 1.68. The maximum absolute atomic E-state index is 11.8. The standard InChI is InChI=1S/C11H19N2O11P3/c1-20-25(14,15)23-27(18,19)24-26(16,17)21-7-9-3-4-10(22-9)8-2-5-11(12)13-6-8/h2,5-6,9-10H,3-4,7H2,1H3,(H2,12,13)(H,14,15)(H,16,17)(H,18,19)/t9-,10+/m0/s1. The van der Waals surface area contributed by atoms with Crippen LogP contribution in [0.5, 0.6) is 0 Å². The van der Waals surface area contributed by atoms with Crippen LogP contribution in [0.3, 0.4) is 0 Å². The number of rotatable bonds is 9. The molecule has 27 heavy (non-hydrogen) atoms. The molecule has 154 valence electrons. The summed E-state index contributed by atoms with van der Waals surface area (Å²) in [6.45, 7) is -0.437. The van der Waals surface area contributed by atoms with Gasteiger partial charge in [-0.05, 0) is 24.5 Å². The van der Waals surface area contributed by atoms with Crippen LogP contribution in [0.25, 0.3) is 0 Å². The van der Waals surface area contributed by atoms with Gasteiger partial charge in [-0.2, -0.15) is 8.62 Å². The molecule has 13 nitrogen and oxygen atoms in total. The molecule has 2 heterocycles. The van der Waals surface area contributed by atoms with E-state index < -0.39 is 36.2 Å². The van der Waals surface area contributed by atoms with Crippen LogP contribution in [-0.4, -0.2) is 39.5 Å². The lowest BCUT2D eigenvalue weighted by atomic mass is 10.1. The largest absolute Gasteiger partial charge is 0.490 e. The molecule has 3 unspecified atom stereocenters. The minimum Gasteiger partial charge on any atom is -0.384 e. The molecule has 0 saturated carbocycles. The lowest BCUT2D eigenvalue weighted by Gasteiger charge is -2.19. The molecule has 0 amide bonds. The van der Waals surface area contributed by atoms with Crippen LogP contribution in [0.2, 0.25) is 0 Å². The van der Waals surface area contributed by atoms with Crippen molar-refractivity contribution in [2.45, 2.75) is 25.0 Å². The third-order valence-electron chi connectivity index (χ3n) is 3.36. The Morgan fingerprint density at radius 1 is 1.15 bits per heavy atom. The van der Waals surface area contributed by atoms with Gasteiger partial charge in [0.2, 0.25) is 0 Å². The molecule has 0 aliphatic carbocycles.